The minimum atomic E-state index is -0.973. The number of guanidine groups is 1. The van der Waals surface area contributed by atoms with Crippen molar-refractivity contribution in [3.63, 3.8) is 0 Å². The first-order chi connectivity index (χ1) is 10.1. The average Bonchev–Trinajstić information content (AvgIpc) is 2.46. The molecule has 0 saturated carbocycles. The molecule has 0 bridgehead atoms. The van der Waals surface area contributed by atoms with Gasteiger partial charge in [-0.1, -0.05) is 0 Å². The minimum Gasteiger partial charge on any atom is -0.480 e. The molecule has 7 N–H and O–H groups in total. The number of nitrogens with zero attached hydrogens (tertiary/aromatic N) is 2. The van der Waals surface area contributed by atoms with Crippen molar-refractivity contribution in [3.05, 3.63) is 0 Å². The molecule has 1 atom stereocenters. The maximum atomic E-state index is 11.0. The summed E-state index contributed by atoms with van der Waals surface area (Å²) in [6.45, 7) is 0.816. The van der Waals surface area contributed by atoms with Crippen molar-refractivity contribution in [3.8, 4) is 0 Å². The van der Waals surface area contributed by atoms with E-state index in [-0.39, 0.29) is 38.9 Å². The number of nitrogens with two attached hydrogens (primary N) is 1. The predicted octanol–water partition coefficient (Wildman–Crippen LogP) is -2.60. The summed E-state index contributed by atoms with van der Waals surface area (Å²) >= 11 is 0. The van der Waals surface area contributed by atoms with E-state index >= 15 is 0 Å². The van der Waals surface area contributed by atoms with E-state index < -0.39 is 12.0 Å². The molecule has 21 heavy (non-hydrogen) atoms. The van der Waals surface area contributed by atoms with Crippen LogP contribution in [0.3, 0.4) is 0 Å². The molecule has 9 nitrogen and oxygen atoms in total. The summed E-state index contributed by atoms with van der Waals surface area (Å²) in [5.41, 5.74) is 5.74. The standard InChI is InChI=1S/C12H26N4O5/c13-12(15-4-8-18)16(6-9-19)5-1-2-10(11(20)21)14-3-7-17/h10,14,17-19H,1-9H2,(H2,13,15)(H,20,21). The van der Waals surface area contributed by atoms with Crippen LogP contribution in [-0.2, 0) is 4.79 Å². The van der Waals surface area contributed by atoms with Crippen molar-refractivity contribution in [1.82, 2.24) is 10.2 Å². The topological polar surface area (TPSA) is 152 Å². The van der Waals surface area contributed by atoms with Crippen molar-refractivity contribution in [2.24, 2.45) is 10.7 Å². The van der Waals surface area contributed by atoms with Gasteiger partial charge in [-0.15, -0.1) is 0 Å². The molecule has 0 aromatic rings. The van der Waals surface area contributed by atoms with E-state index in [0.29, 0.717) is 25.9 Å². The van der Waals surface area contributed by atoms with Crippen LogP contribution in [0.2, 0.25) is 0 Å². The summed E-state index contributed by atoms with van der Waals surface area (Å²) in [7, 11) is 0. The van der Waals surface area contributed by atoms with Gasteiger partial charge < -0.3 is 36.4 Å². The number of nitrogens with one attached hydrogen (secondary N) is 1. The number of aliphatic hydroxyl groups is 3. The van der Waals surface area contributed by atoms with Gasteiger partial charge >= 0.3 is 5.97 Å². The first-order valence-corrected chi connectivity index (χ1v) is 6.90. The Bertz CT molecular complexity index is 314. The fraction of sp³-hybridized carbons (Fsp3) is 0.833. The van der Waals surface area contributed by atoms with E-state index in [0.717, 1.165) is 0 Å². The molecular weight excluding hydrogens is 280 g/mol. The Morgan fingerprint density at radius 1 is 1.19 bits per heavy atom. The number of hydrogen-bond donors (Lipinski definition) is 6. The smallest absolute Gasteiger partial charge is 0.320 e. The molecule has 124 valence electrons. The van der Waals surface area contributed by atoms with Crippen LogP contribution in [0.25, 0.3) is 0 Å². The van der Waals surface area contributed by atoms with Crippen LogP contribution in [0.15, 0.2) is 4.99 Å². The van der Waals surface area contributed by atoms with Gasteiger partial charge in [-0.25, -0.2) is 0 Å². The van der Waals surface area contributed by atoms with Gasteiger partial charge in [0.1, 0.15) is 6.04 Å². The van der Waals surface area contributed by atoms with E-state index in [1.165, 1.54) is 0 Å². The lowest BCUT2D eigenvalue weighted by Crippen LogP contribution is -2.42. The van der Waals surface area contributed by atoms with Crippen LogP contribution in [-0.4, -0.2) is 89.3 Å². The zero-order valence-electron chi connectivity index (χ0n) is 12.1. The number of rotatable bonds is 12. The van der Waals surface area contributed by atoms with Crippen LogP contribution < -0.4 is 11.1 Å². The molecule has 9 heteroatoms. The molecular formula is C12H26N4O5. The van der Waals surface area contributed by atoms with Gasteiger partial charge in [-0.05, 0) is 12.8 Å². The van der Waals surface area contributed by atoms with Gasteiger partial charge in [0.2, 0.25) is 0 Å². The van der Waals surface area contributed by atoms with Crippen molar-refractivity contribution >= 4 is 11.9 Å². The molecule has 0 radical (unpaired) electrons. The highest BCUT2D eigenvalue weighted by Gasteiger charge is 2.16. The van der Waals surface area contributed by atoms with Gasteiger partial charge in [0.05, 0.1) is 26.4 Å². The summed E-state index contributed by atoms with van der Waals surface area (Å²) in [5, 5.41) is 38.1. The zero-order chi connectivity index (χ0) is 16.1. The third-order valence-electron chi connectivity index (χ3n) is 2.79. The van der Waals surface area contributed by atoms with Gasteiger partial charge in [0.15, 0.2) is 5.96 Å². The molecule has 0 amide bonds. The Hall–Kier alpha value is -1.42. The molecule has 0 saturated heterocycles. The van der Waals surface area contributed by atoms with Crippen LogP contribution in [0.1, 0.15) is 12.8 Å². The van der Waals surface area contributed by atoms with Crippen LogP contribution in [0.5, 0.6) is 0 Å². The van der Waals surface area contributed by atoms with E-state index in [1.807, 2.05) is 0 Å². The Labute approximate surface area is 124 Å². The molecule has 0 aromatic heterocycles. The van der Waals surface area contributed by atoms with Crippen molar-refractivity contribution in [2.75, 3.05) is 46.0 Å². The Kier molecular flexibility index (Phi) is 11.5. The number of hydrogen-bond acceptors (Lipinski definition) is 6. The van der Waals surface area contributed by atoms with Crippen molar-refractivity contribution < 1.29 is 25.2 Å². The molecule has 0 heterocycles. The number of aliphatic hydroxyl groups excluding tert-OH is 3. The lowest BCUT2D eigenvalue weighted by molar-refractivity contribution is -0.139. The van der Waals surface area contributed by atoms with Crippen LogP contribution in [0, 0.1) is 0 Å². The quantitative estimate of drug-likeness (QED) is 0.170. The second-order valence-electron chi connectivity index (χ2n) is 4.38. The second-order valence-corrected chi connectivity index (χ2v) is 4.38. The molecule has 0 aliphatic carbocycles. The molecule has 0 spiro atoms. The highest BCUT2D eigenvalue weighted by Crippen LogP contribution is 2.01. The molecule has 0 fully saturated rings. The SMILES string of the molecule is NC(=NCCO)N(CCO)CCCC(NCCO)C(=O)O. The first-order valence-electron chi connectivity index (χ1n) is 6.90. The third kappa shape index (κ3) is 9.19. The van der Waals surface area contributed by atoms with Crippen LogP contribution >= 0.6 is 0 Å². The lowest BCUT2D eigenvalue weighted by atomic mass is 10.1. The summed E-state index contributed by atoms with van der Waals surface area (Å²) < 4.78 is 0. The summed E-state index contributed by atoms with van der Waals surface area (Å²) in [6, 6.07) is -0.733. The lowest BCUT2D eigenvalue weighted by Gasteiger charge is -2.23. The molecule has 0 aliphatic heterocycles. The van der Waals surface area contributed by atoms with Crippen molar-refractivity contribution in [2.45, 2.75) is 18.9 Å². The van der Waals surface area contributed by atoms with Gasteiger partial charge in [0, 0.05) is 19.6 Å². The van der Waals surface area contributed by atoms with E-state index in [2.05, 4.69) is 10.3 Å². The van der Waals surface area contributed by atoms with Gasteiger partial charge in [-0.2, -0.15) is 0 Å². The second kappa shape index (κ2) is 12.3. The van der Waals surface area contributed by atoms with E-state index in [9.17, 15) is 4.79 Å². The zero-order valence-corrected chi connectivity index (χ0v) is 12.1. The van der Waals surface area contributed by atoms with Crippen LogP contribution in [0.4, 0.5) is 0 Å². The maximum Gasteiger partial charge on any atom is 0.320 e. The molecule has 0 aromatic carbocycles. The number of aliphatic imine (C=N–C) groups is 1. The largest absolute Gasteiger partial charge is 0.480 e. The maximum absolute atomic E-state index is 11.0. The van der Waals surface area contributed by atoms with E-state index in [1.54, 1.807) is 4.90 Å². The van der Waals surface area contributed by atoms with Gasteiger partial charge in [-0.3, -0.25) is 9.79 Å². The first kappa shape index (κ1) is 19.6. The Morgan fingerprint density at radius 2 is 1.90 bits per heavy atom. The molecule has 1 unspecified atom stereocenters. The van der Waals surface area contributed by atoms with Crippen molar-refractivity contribution in [1.29, 1.82) is 0 Å². The molecule has 0 rings (SSSR count). The number of carboxylic acid groups (broad SMARTS) is 1. The molecule has 0 aliphatic rings. The fourth-order valence-electron chi connectivity index (χ4n) is 1.76. The number of carbonyl (C=O) groups is 1. The minimum absolute atomic E-state index is 0.0968. The number of aliphatic carboxylic acids is 1. The summed E-state index contributed by atoms with van der Waals surface area (Å²) in [6.07, 6.45) is 0.898. The highest BCUT2D eigenvalue weighted by molar-refractivity contribution is 5.78. The number of carboxylic acids is 1. The monoisotopic (exact) mass is 306 g/mol. The van der Waals surface area contributed by atoms with E-state index in [4.69, 9.17) is 26.2 Å². The Morgan fingerprint density at radius 3 is 2.43 bits per heavy atom. The normalized spacial score (nSPS) is 13.2. The fourth-order valence-corrected chi connectivity index (χ4v) is 1.76. The Balaban J connectivity index is 4.30. The van der Waals surface area contributed by atoms with Gasteiger partial charge in [0.25, 0.3) is 0 Å². The third-order valence-corrected chi connectivity index (χ3v) is 2.79. The summed E-state index contributed by atoms with van der Waals surface area (Å²) in [4.78, 5) is 16.6. The highest BCUT2D eigenvalue weighted by atomic mass is 16.4. The summed E-state index contributed by atoms with van der Waals surface area (Å²) in [5.74, 6) is -0.757. The average molecular weight is 306 g/mol. The predicted molar refractivity (Wildman–Crippen MR) is 78.0 cm³/mol.